The molecule has 2 amide bonds. The molecular weight excluding hydrogens is 260 g/mol. The molecule has 20 heavy (non-hydrogen) atoms. The first-order chi connectivity index (χ1) is 9.69. The summed E-state index contributed by atoms with van der Waals surface area (Å²) in [4.78, 5) is 25.3. The highest BCUT2D eigenvalue weighted by atomic mass is 16.5. The second-order valence-electron chi connectivity index (χ2n) is 4.45. The summed E-state index contributed by atoms with van der Waals surface area (Å²) < 4.78 is 10.2. The molecule has 1 N–H and O–H groups in total. The van der Waals surface area contributed by atoms with Crippen molar-refractivity contribution in [1.29, 1.82) is 0 Å². The van der Waals surface area contributed by atoms with E-state index >= 15 is 0 Å². The van der Waals surface area contributed by atoms with Crippen molar-refractivity contribution in [3.63, 3.8) is 0 Å². The van der Waals surface area contributed by atoms with E-state index in [0.717, 1.165) is 0 Å². The molecule has 0 atom stereocenters. The number of anilines is 1. The van der Waals surface area contributed by atoms with Gasteiger partial charge in [-0.2, -0.15) is 0 Å². The van der Waals surface area contributed by atoms with Crippen molar-refractivity contribution in [2.24, 2.45) is 0 Å². The monoisotopic (exact) mass is 278 g/mol. The quantitative estimate of drug-likeness (QED) is 0.830. The van der Waals surface area contributed by atoms with Crippen LogP contribution in [0.3, 0.4) is 0 Å². The van der Waals surface area contributed by atoms with Gasteiger partial charge in [0.2, 0.25) is 11.8 Å². The molecule has 1 heterocycles. The van der Waals surface area contributed by atoms with E-state index in [1.54, 1.807) is 36.3 Å². The van der Waals surface area contributed by atoms with E-state index in [4.69, 9.17) is 9.47 Å². The van der Waals surface area contributed by atoms with Gasteiger partial charge in [0.15, 0.2) is 0 Å². The lowest BCUT2D eigenvalue weighted by molar-refractivity contribution is -0.138. The van der Waals surface area contributed by atoms with Gasteiger partial charge >= 0.3 is 0 Å². The molecule has 1 aromatic rings. The molecular formula is C14H18N2O4. The third-order valence-corrected chi connectivity index (χ3v) is 3.05. The molecule has 0 radical (unpaired) electrons. The topological polar surface area (TPSA) is 67.9 Å². The van der Waals surface area contributed by atoms with Gasteiger partial charge in [-0.05, 0) is 24.3 Å². The Bertz CT molecular complexity index is 467. The van der Waals surface area contributed by atoms with Crippen molar-refractivity contribution >= 4 is 17.5 Å². The fraction of sp³-hybridized carbons (Fsp3) is 0.429. The molecule has 0 spiro atoms. The number of nitrogens with zero attached hydrogens (tertiary/aromatic N) is 1. The molecule has 1 fully saturated rings. The lowest BCUT2D eigenvalue weighted by Crippen LogP contribution is -2.41. The number of morpholine rings is 1. The summed E-state index contributed by atoms with van der Waals surface area (Å²) in [6.45, 7) is 2.17. The fourth-order valence-electron chi connectivity index (χ4n) is 1.94. The molecule has 0 saturated carbocycles. The number of hydrogen-bond acceptors (Lipinski definition) is 4. The van der Waals surface area contributed by atoms with E-state index in [0.29, 0.717) is 37.7 Å². The molecule has 6 heteroatoms. The highest BCUT2D eigenvalue weighted by molar-refractivity contribution is 6.03. The van der Waals surface area contributed by atoms with E-state index in [1.807, 2.05) is 0 Å². The molecule has 108 valence electrons. The van der Waals surface area contributed by atoms with Gasteiger partial charge in [-0.15, -0.1) is 0 Å². The molecule has 0 aromatic heterocycles. The van der Waals surface area contributed by atoms with Gasteiger partial charge in [0.25, 0.3) is 0 Å². The number of carbonyl (C=O) groups is 2. The lowest BCUT2D eigenvalue weighted by atomic mass is 10.2. The predicted octanol–water partition coefficient (Wildman–Crippen LogP) is 0.883. The molecule has 6 nitrogen and oxygen atoms in total. The third kappa shape index (κ3) is 3.96. The van der Waals surface area contributed by atoms with Crippen molar-refractivity contribution in [3.8, 4) is 5.75 Å². The number of amides is 2. The van der Waals surface area contributed by atoms with Gasteiger partial charge in [0.1, 0.15) is 12.2 Å². The zero-order valence-corrected chi connectivity index (χ0v) is 11.4. The Balaban J connectivity index is 1.83. The van der Waals surface area contributed by atoms with Crippen molar-refractivity contribution in [1.82, 2.24) is 4.90 Å². The Morgan fingerprint density at radius 1 is 1.25 bits per heavy atom. The SMILES string of the molecule is COc1ccc(NC(=O)CC(=O)N2CCOCC2)cc1. The summed E-state index contributed by atoms with van der Waals surface area (Å²) in [6.07, 6.45) is -0.147. The summed E-state index contributed by atoms with van der Waals surface area (Å²) in [5.74, 6) is 0.235. The van der Waals surface area contributed by atoms with Crippen LogP contribution in [0.4, 0.5) is 5.69 Å². The standard InChI is InChI=1S/C14H18N2O4/c1-19-12-4-2-11(3-5-12)15-13(17)10-14(18)16-6-8-20-9-7-16/h2-5H,6-10H2,1H3,(H,15,17). The average molecular weight is 278 g/mol. The Morgan fingerprint density at radius 3 is 2.50 bits per heavy atom. The van der Waals surface area contributed by atoms with Crippen LogP contribution in [0.15, 0.2) is 24.3 Å². The highest BCUT2D eigenvalue weighted by Crippen LogP contribution is 2.15. The Hall–Kier alpha value is -2.08. The normalized spacial score (nSPS) is 14.8. The molecule has 0 aliphatic carbocycles. The van der Waals surface area contributed by atoms with Crippen LogP contribution in [0.5, 0.6) is 5.75 Å². The summed E-state index contributed by atoms with van der Waals surface area (Å²) in [5.41, 5.74) is 0.644. The summed E-state index contributed by atoms with van der Waals surface area (Å²) in [5, 5.41) is 2.69. The lowest BCUT2D eigenvalue weighted by Gasteiger charge is -2.26. The van der Waals surface area contributed by atoms with E-state index in [9.17, 15) is 9.59 Å². The fourth-order valence-corrected chi connectivity index (χ4v) is 1.94. The second kappa shape index (κ2) is 6.91. The van der Waals surface area contributed by atoms with Gasteiger partial charge in [-0.1, -0.05) is 0 Å². The predicted molar refractivity (Wildman–Crippen MR) is 73.6 cm³/mol. The number of carbonyl (C=O) groups excluding carboxylic acids is 2. The highest BCUT2D eigenvalue weighted by Gasteiger charge is 2.19. The average Bonchev–Trinajstić information content (AvgIpc) is 2.49. The molecule has 0 bridgehead atoms. The van der Waals surface area contributed by atoms with Crippen LogP contribution in [0, 0.1) is 0 Å². The number of methoxy groups -OCH3 is 1. The summed E-state index contributed by atoms with van der Waals surface area (Å²) >= 11 is 0. The maximum atomic E-state index is 11.9. The molecule has 1 aliphatic heterocycles. The number of nitrogens with one attached hydrogen (secondary N) is 1. The maximum absolute atomic E-state index is 11.9. The third-order valence-electron chi connectivity index (χ3n) is 3.05. The van der Waals surface area contributed by atoms with Crippen LogP contribution in [0.25, 0.3) is 0 Å². The van der Waals surface area contributed by atoms with Crippen LogP contribution in [-0.2, 0) is 14.3 Å². The van der Waals surface area contributed by atoms with Crippen LogP contribution in [0.1, 0.15) is 6.42 Å². The summed E-state index contributed by atoms with van der Waals surface area (Å²) in [6, 6.07) is 6.96. The van der Waals surface area contributed by atoms with E-state index in [-0.39, 0.29) is 18.2 Å². The largest absolute Gasteiger partial charge is 0.497 e. The Kier molecular flexibility index (Phi) is 4.95. The van der Waals surface area contributed by atoms with E-state index in [1.165, 1.54) is 0 Å². The molecule has 1 aliphatic rings. The molecule has 1 saturated heterocycles. The first kappa shape index (κ1) is 14.3. The van der Waals surface area contributed by atoms with Gasteiger partial charge in [-0.3, -0.25) is 9.59 Å². The van der Waals surface area contributed by atoms with E-state index in [2.05, 4.69) is 5.32 Å². The minimum atomic E-state index is -0.313. The van der Waals surface area contributed by atoms with Crippen LogP contribution >= 0.6 is 0 Å². The van der Waals surface area contributed by atoms with Gasteiger partial charge in [0, 0.05) is 18.8 Å². The smallest absolute Gasteiger partial charge is 0.233 e. The van der Waals surface area contributed by atoms with Crippen molar-refractivity contribution < 1.29 is 19.1 Å². The second-order valence-corrected chi connectivity index (χ2v) is 4.45. The van der Waals surface area contributed by atoms with Crippen LogP contribution in [0.2, 0.25) is 0 Å². The van der Waals surface area contributed by atoms with Gasteiger partial charge in [0.05, 0.1) is 20.3 Å². The van der Waals surface area contributed by atoms with Crippen LogP contribution < -0.4 is 10.1 Å². The molecule has 2 rings (SSSR count). The molecule has 0 unspecified atom stereocenters. The van der Waals surface area contributed by atoms with Crippen LogP contribution in [-0.4, -0.2) is 50.1 Å². The number of rotatable bonds is 4. The summed E-state index contributed by atoms with van der Waals surface area (Å²) in [7, 11) is 1.58. The first-order valence-corrected chi connectivity index (χ1v) is 6.48. The van der Waals surface area contributed by atoms with Gasteiger partial charge in [-0.25, -0.2) is 0 Å². The molecule has 1 aromatic carbocycles. The number of benzene rings is 1. The zero-order chi connectivity index (χ0) is 14.4. The Labute approximate surface area is 117 Å². The Morgan fingerprint density at radius 2 is 1.90 bits per heavy atom. The number of ether oxygens (including phenoxy) is 2. The van der Waals surface area contributed by atoms with E-state index < -0.39 is 0 Å². The van der Waals surface area contributed by atoms with Crippen molar-refractivity contribution in [3.05, 3.63) is 24.3 Å². The van der Waals surface area contributed by atoms with Gasteiger partial charge < -0.3 is 19.7 Å². The number of hydrogen-bond donors (Lipinski definition) is 1. The minimum absolute atomic E-state index is 0.147. The maximum Gasteiger partial charge on any atom is 0.233 e. The zero-order valence-electron chi connectivity index (χ0n) is 11.4. The first-order valence-electron chi connectivity index (χ1n) is 6.48. The minimum Gasteiger partial charge on any atom is -0.497 e. The van der Waals surface area contributed by atoms with Crippen molar-refractivity contribution in [2.75, 3.05) is 38.7 Å². The van der Waals surface area contributed by atoms with Crippen molar-refractivity contribution in [2.45, 2.75) is 6.42 Å².